The van der Waals surface area contributed by atoms with Crippen molar-refractivity contribution in [2.24, 2.45) is 0 Å². The van der Waals surface area contributed by atoms with Gasteiger partial charge in [-0.3, -0.25) is 14.0 Å². The Balaban J connectivity index is 1.65. The molecule has 0 N–H and O–H groups in total. The first kappa shape index (κ1) is 22.7. The number of pyridine rings is 2. The fraction of sp³-hybridized carbons (Fsp3) is 0.200. The second-order valence-electron chi connectivity index (χ2n) is 9.57. The predicted molar refractivity (Wildman–Crippen MR) is 146 cm³/mol. The minimum Gasteiger partial charge on any atom is -0.481 e. The van der Waals surface area contributed by atoms with Gasteiger partial charge in [0.2, 0.25) is 11.7 Å². The number of rotatable bonds is 5. The predicted octanol–water partition coefficient (Wildman–Crippen LogP) is 5.77. The maximum absolute atomic E-state index is 5.78. The van der Waals surface area contributed by atoms with Crippen molar-refractivity contribution >= 4 is 27.7 Å². The van der Waals surface area contributed by atoms with Gasteiger partial charge < -0.3 is 4.74 Å². The van der Waals surface area contributed by atoms with Gasteiger partial charge in [-0.2, -0.15) is 0 Å². The Morgan fingerprint density at radius 1 is 0.946 bits per heavy atom. The number of methoxy groups -OCH3 is 1. The number of aromatic nitrogens is 6. The molecule has 0 saturated heterocycles. The first-order valence-corrected chi connectivity index (χ1v) is 12.2. The molecule has 4 aromatic heterocycles. The highest BCUT2D eigenvalue weighted by molar-refractivity contribution is 6.06. The van der Waals surface area contributed by atoms with Crippen LogP contribution in [0.3, 0.4) is 0 Å². The molecular formula is C30H26N6O. The Morgan fingerprint density at radius 3 is 2.41 bits per heavy atom. The average molecular weight is 487 g/mol. The Hall–Kier alpha value is -4.70. The fourth-order valence-electron chi connectivity index (χ4n) is 4.80. The Kier molecular flexibility index (Phi) is 5.20. The maximum Gasteiger partial charge on any atom is 0.241 e. The molecule has 7 nitrogen and oxygen atoms in total. The molecule has 0 atom stereocenters. The molecule has 0 saturated carbocycles. The van der Waals surface area contributed by atoms with E-state index in [0.29, 0.717) is 5.88 Å². The van der Waals surface area contributed by atoms with Crippen LogP contribution in [0.1, 0.15) is 32.2 Å². The van der Waals surface area contributed by atoms with Gasteiger partial charge in [-0.05, 0) is 55.3 Å². The maximum atomic E-state index is 5.78. The monoisotopic (exact) mass is 486 g/mol. The number of nitrogens with zero attached hydrogens (tertiary/aromatic N) is 6. The summed E-state index contributed by atoms with van der Waals surface area (Å²) >= 11 is 0. The summed E-state index contributed by atoms with van der Waals surface area (Å²) in [6.07, 6.45) is 10.3. The van der Waals surface area contributed by atoms with Gasteiger partial charge in [0.15, 0.2) is 0 Å². The van der Waals surface area contributed by atoms with E-state index in [1.165, 1.54) is 0 Å². The summed E-state index contributed by atoms with van der Waals surface area (Å²) in [4.78, 5) is 9.18. The van der Waals surface area contributed by atoms with Crippen molar-refractivity contribution in [3.63, 3.8) is 0 Å². The molecule has 0 aliphatic carbocycles. The van der Waals surface area contributed by atoms with E-state index in [1.807, 2.05) is 44.4 Å². The van der Waals surface area contributed by atoms with Gasteiger partial charge in [0, 0.05) is 35.3 Å². The third-order valence-corrected chi connectivity index (χ3v) is 7.00. The van der Waals surface area contributed by atoms with Gasteiger partial charge in [-0.1, -0.05) is 31.0 Å². The van der Waals surface area contributed by atoms with Crippen LogP contribution in [-0.4, -0.2) is 36.2 Å². The van der Waals surface area contributed by atoms with Crippen LogP contribution in [0.2, 0.25) is 0 Å². The quantitative estimate of drug-likeness (QED) is 0.290. The van der Waals surface area contributed by atoms with Crippen LogP contribution >= 0.6 is 0 Å². The highest BCUT2D eigenvalue weighted by Gasteiger charge is 2.22. The summed E-state index contributed by atoms with van der Waals surface area (Å²) in [5.74, 6) is 5.10. The number of benzene rings is 2. The summed E-state index contributed by atoms with van der Waals surface area (Å²) in [7, 11) is 1.62. The van der Waals surface area contributed by atoms with Crippen LogP contribution in [0.15, 0.2) is 67.0 Å². The Bertz CT molecular complexity index is 1820. The van der Waals surface area contributed by atoms with Crippen molar-refractivity contribution in [1.29, 1.82) is 0 Å². The molecule has 0 amide bonds. The number of fused-ring (bicyclic) bond motifs is 5. The highest BCUT2D eigenvalue weighted by Crippen LogP contribution is 2.34. The topological polar surface area (TPSA) is 70.1 Å². The third kappa shape index (κ3) is 3.53. The molecule has 6 aromatic rings. The molecule has 0 spiro atoms. The van der Waals surface area contributed by atoms with E-state index in [-0.39, 0.29) is 5.41 Å². The zero-order valence-corrected chi connectivity index (χ0v) is 21.2. The van der Waals surface area contributed by atoms with E-state index in [1.54, 1.807) is 7.11 Å². The molecule has 37 heavy (non-hydrogen) atoms. The number of imidazole rings is 1. The van der Waals surface area contributed by atoms with E-state index >= 15 is 0 Å². The van der Waals surface area contributed by atoms with Crippen LogP contribution in [0, 0.1) is 12.3 Å². The van der Waals surface area contributed by atoms with Gasteiger partial charge in [-0.25, -0.2) is 4.98 Å². The lowest BCUT2D eigenvalue weighted by atomic mass is 9.86. The summed E-state index contributed by atoms with van der Waals surface area (Å²) in [6.45, 7) is 6.18. The molecule has 0 unspecified atom stereocenters. The first-order valence-electron chi connectivity index (χ1n) is 12.2. The van der Waals surface area contributed by atoms with Crippen molar-refractivity contribution in [3.05, 3.63) is 78.4 Å². The molecule has 0 bridgehead atoms. The number of aryl methyl sites for hydroxylation is 1. The SMILES string of the molecule is C#CC(C)(C)c1ccc(-n2c3c4cc(-c5ccc(OC)nc5)ccc4ncc3n3c(CC)nnc23)cc1. The van der Waals surface area contributed by atoms with Gasteiger partial charge in [-0.15, -0.1) is 16.6 Å². The minimum atomic E-state index is -0.352. The summed E-state index contributed by atoms with van der Waals surface area (Å²) in [5.41, 5.74) is 6.64. The van der Waals surface area contributed by atoms with Crippen molar-refractivity contribution in [2.45, 2.75) is 32.6 Å². The van der Waals surface area contributed by atoms with E-state index in [9.17, 15) is 0 Å². The van der Waals surface area contributed by atoms with Crippen LogP contribution in [0.4, 0.5) is 0 Å². The summed E-state index contributed by atoms with van der Waals surface area (Å²) in [5, 5.41) is 10.1. The van der Waals surface area contributed by atoms with Crippen molar-refractivity contribution in [3.8, 4) is 35.0 Å². The van der Waals surface area contributed by atoms with Gasteiger partial charge in [0.1, 0.15) is 5.82 Å². The molecule has 0 radical (unpaired) electrons. The van der Waals surface area contributed by atoms with Crippen molar-refractivity contribution < 1.29 is 4.74 Å². The molecule has 0 fully saturated rings. The molecule has 0 aliphatic rings. The van der Waals surface area contributed by atoms with Gasteiger partial charge in [0.05, 0.1) is 35.3 Å². The standard InChI is InChI=1S/C30H26N6O/c1-6-26-33-34-29-35(22-12-10-21(11-13-22)30(3,4)7-2)28-23-16-19(20-9-15-27(37-5)32-17-20)8-14-24(23)31-18-25(28)36(26)29/h2,8-18H,6H2,1,3-5H3. The van der Waals surface area contributed by atoms with Crippen molar-refractivity contribution in [2.75, 3.05) is 7.11 Å². The zero-order chi connectivity index (χ0) is 25.7. The zero-order valence-electron chi connectivity index (χ0n) is 21.2. The molecule has 0 aliphatic heterocycles. The number of terminal acetylenes is 1. The molecular weight excluding hydrogens is 460 g/mol. The third-order valence-electron chi connectivity index (χ3n) is 7.00. The van der Waals surface area contributed by atoms with E-state index in [2.05, 4.69) is 73.4 Å². The second-order valence-corrected chi connectivity index (χ2v) is 9.57. The lowest BCUT2D eigenvalue weighted by Gasteiger charge is -2.18. The largest absolute Gasteiger partial charge is 0.481 e. The average Bonchev–Trinajstić information content (AvgIpc) is 3.51. The van der Waals surface area contributed by atoms with Crippen LogP contribution in [0.5, 0.6) is 5.88 Å². The highest BCUT2D eigenvalue weighted by atomic mass is 16.5. The van der Waals surface area contributed by atoms with E-state index in [4.69, 9.17) is 16.1 Å². The normalized spacial score (nSPS) is 11.9. The van der Waals surface area contributed by atoms with Gasteiger partial charge >= 0.3 is 0 Å². The first-order chi connectivity index (χ1) is 17.9. The smallest absolute Gasteiger partial charge is 0.241 e. The lowest BCUT2D eigenvalue weighted by Crippen LogP contribution is -2.13. The molecule has 7 heteroatoms. The Labute approximate surface area is 214 Å². The lowest BCUT2D eigenvalue weighted by molar-refractivity contribution is 0.398. The summed E-state index contributed by atoms with van der Waals surface area (Å²) < 4.78 is 9.49. The Morgan fingerprint density at radius 2 is 1.73 bits per heavy atom. The molecule has 6 rings (SSSR count). The van der Waals surface area contributed by atoms with Crippen molar-refractivity contribution in [1.82, 2.24) is 29.1 Å². The van der Waals surface area contributed by atoms with E-state index in [0.717, 1.165) is 62.3 Å². The minimum absolute atomic E-state index is 0.352. The molecule has 4 heterocycles. The molecule has 182 valence electrons. The van der Waals surface area contributed by atoms with Crippen LogP contribution in [-0.2, 0) is 11.8 Å². The van der Waals surface area contributed by atoms with Crippen LogP contribution in [0.25, 0.3) is 44.5 Å². The summed E-state index contributed by atoms with van der Waals surface area (Å²) in [6, 6.07) is 18.5. The fourth-order valence-corrected chi connectivity index (χ4v) is 4.80. The second kappa shape index (κ2) is 8.45. The van der Waals surface area contributed by atoms with Crippen LogP contribution < -0.4 is 4.74 Å². The number of hydrogen-bond acceptors (Lipinski definition) is 5. The number of hydrogen-bond donors (Lipinski definition) is 0. The van der Waals surface area contributed by atoms with Gasteiger partial charge in [0.25, 0.3) is 0 Å². The van der Waals surface area contributed by atoms with E-state index < -0.39 is 0 Å². The molecule has 2 aromatic carbocycles. The number of ether oxygens (including phenoxy) is 1.